The van der Waals surface area contributed by atoms with Gasteiger partial charge in [-0.15, -0.1) is 0 Å². The van der Waals surface area contributed by atoms with Crippen molar-refractivity contribution in [1.29, 1.82) is 0 Å². The fraction of sp³-hybridized carbons (Fsp3) is 0.429. The maximum Gasteiger partial charge on any atom is 0.0755 e. The topological polar surface area (TPSA) is 3.24 Å². The Morgan fingerprint density at radius 1 is 0.958 bits per heavy atom. The molecule has 0 saturated heterocycles. The molecule has 0 bridgehead atoms. The largest absolute Gasteiger partial charge is 0.308 e. The lowest BCUT2D eigenvalue weighted by Gasteiger charge is -2.37. The van der Waals surface area contributed by atoms with Crippen molar-refractivity contribution < 1.29 is 0 Å². The summed E-state index contributed by atoms with van der Waals surface area (Å²) in [5.41, 5.74) is 3.79. The van der Waals surface area contributed by atoms with E-state index < -0.39 is 4.75 Å². The van der Waals surface area contributed by atoms with Crippen molar-refractivity contribution >= 4 is 25.3 Å². The van der Waals surface area contributed by atoms with Gasteiger partial charge in [0.05, 0.1) is 4.75 Å². The van der Waals surface area contributed by atoms with Crippen LogP contribution in [-0.2, 0) is 11.2 Å². The molecule has 1 nitrogen and oxygen atoms in total. The molecule has 0 heterocycles. The summed E-state index contributed by atoms with van der Waals surface area (Å²) < 4.78 is -0.419. The lowest BCUT2D eigenvalue weighted by molar-refractivity contribution is 0.391. The van der Waals surface area contributed by atoms with Gasteiger partial charge in [0.15, 0.2) is 0 Å². The number of hydrogen-bond donors (Lipinski definition) is 2. The van der Waals surface area contributed by atoms with Crippen LogP contribution in [0.3, 0.4) is 0 Å². The average molecular weight is 360 g/mol. The van der Waals surface area contributed by atoms with Crippen molar-refractivity contribution in [2.75, 3.05) is 20.6 Å². The third-order valence-corrected chi connectivity index (χ3v) is 6.03. The molecule has 0 amide bonds. The Morgan fingerprint density at radius 3 is 2.08 bits per heavy atom. The molecule has 0 N–H and O–H groups in total. The van der Waals surface area contributed by atoms with Crippen LogP contribution in [-0.4, -0.2) is 30.8 Å². The quantitative estimate of drug-likeness (QED) is 0.623. The lowest BCUT2D eigenvalue weighted by Crippen LogP contribution is -2.38. The van der Waals surface area contributed by atoms with Crippen LogP contribution in [0.15, 0.2) is 54.6 Å². The van der Waals surface area contributed by atoms with Crippen LogP contribution < -0.4 is 0 Å². The minimum Gasteiger partial charge on any atom is -0.308 e. The van der Waals surface area contributed by atoms with E-state index in [-0.39, 0.29) is 5.25 Å². The number of benzene rings is 2. The molecule has 0 aliphatic carbocycles. The van der Waals surface area contributed by atoms with E-state index in [1.54, 1.807) is 0 Å². The van der Waals surface area contributed by atoms with Crippen LogP contribution in [0.25, 0.3) is 0 Å². The first-order chi connectivity index (χ1) is 11.5. The van der Waals surface area contributed by atoms with Gasteiger partial charge in [0.25, 0.3) is 0 Å². The van der Waals surface area contributed by atoms with Gasteiger partial charge in [-0.05, 0) is 43.6 Å². The average Bonchev–Trinajstić information content (AvgIpc) is 2.60. The van der Waals surface area contributed by atoms with E-state index in [1.807, 2.05) is 6.07 Å². The predicted octanol–water partition coefficient (Wildman–Crippen LogP) is 5.06. The van der Waals surface area contributed by atoms with Crippen LogP contribution in [0.4, 0.5) is 0 Å². The highest BCUT2D eigenvalue weighted by Gasteiger charge is 2.37. The molecule has 2 atom stereocenters. The first kappa shape index (κ1) is 19.4. The molecule has 0 aliphatic heterocycles. The zero-order chi connectivity index (χ0) is 17.6. The molecule has 2 rings (SSSR count). The monoisotopic (exact) mass is 359 g/mol. The molecule has 0 spiro atoms. The highest BCUT2D eigenvalue weighted by Crippen LogP contribution is 2.42. The van der Waals surface area contributed by atoms with Crippen molar-refractivity contribution in [1.82, 2.24) is 4.90 Å². The van der Waals surface area contributed by atoms with Crippen LogP contribution in [0, 0.1) is 0 Å². The molecular formula is C21H29NS2. The molecule has 24 heavy (non-hydrogen) atoms. The number of hydrogen-bond acceptors (Lipinski definition) is 3. The van der Waals surface area contributed by atoms with Gasteiger partial charge < -0.3 is 4.90 Å². The fourth-order valence-corrected chi connectivity index (χ4v) is 4.03. The van der Waals surface area contributed by atoms with Crippen molar-refractivity contribution in [2.45, 2.75) is 36.2 Å². The summed E-state index contributed by atoms with van der Waals surface area (Å²) >= 11 is 10.1. The Hall–Kier alpha value is -0.900. The summed E-state index contributed by atoms with van der Waals surface area (Å²) in [5, 5.41) is 0.0831. The van der Waals surface area contributed by atoms with Crippen LogP contribution in [0.2, 0.25) is 0 Å². The van der Waals surface area contributed by atoms with Gasteiger partial charge in [-0.2, -0.15) is 25.3 Å². The molecule has 2 aromatic rings. The van der Waals surface area contributed by atoms with E-state index >= 15 is 0 Å². The SMILES string of the molecule is CCCCc1ccc(C(S)(c2ccccc2)C(S)CN(C)C)cc1. The summed E-state index contributed by atoms with van der Waals surface area (Å²) in [7, 11) is 4.16. The van der Waals surface area contributed by atoms with Crippen LogP contribution in [0.1, 0.15) is 36.5 Å². The molecule has 0 radical (unpaired) electrons. The van der Waals surface area contributed by atoms with Gasteiger partial charge in [-0.1, -0.05) is 67.9 Å². The lowest BCUT2D eigenvalue weighted by atomic mass is 9.86. The molecule has 3 heteroatoms. The Bertz CT molecular complexity index is 609. The number of aryl methyl sites for hydroxylation is 1. The van der Waals surface area contributed by atoms with Crippen LogP contribution in [0.5, 0.6) is 0 Å². The smallest absolute Gasteiger partial charge is 0.0755 e. The summed E-state index contributed by atoms with van der Waals surface area (Å²) in [4.78, 5) is 2.17. The van der Waals surface area contributed by atoms with Gasteiger partial charge in [-0.3, -0.25) is 0 Å². The second-order valence-corrected chi connectivity index (χ2v) is 8.04. The Morgan fingerprint density at radius 2 is 1.54 bits per heavy atom. The standard InChI is InChI=1S/C21H29NS2/c1-4-5-9-17-12-14-19(15-13-17)21(24,20(23)16-22(2)3)18-10-7-6-8-11-18/h6-8,10-15,20,23-24H,4-5,9,16H2,1-3H3. The molecule has 0 aliphatic rings. The molecule has 2 aromatic carbocycles. The normalized spacial score (nSPS) is 15.2. The summed E-state index contributed by atoms with van der Waals surface area (Å²) in [6, 6.07) is 19.4. The van der Waals surface area contributed by atoms with Crippen molar-refractivity contribution in [3.8, 4) is 0 Å². The molecule has 0 aromatic heterocycles. The highest BCUT2D eigenvalue weighted by molar-refractivity contribution is 7.85. The minimum atomic E-state index is -0.419. The summed E-state index contributed by atoms with van der Waals surface area (Å²) in [6.07, 6.45) is 3.60. The van der Waals surface area contributed by atoms with E-state index in [4.69, 9.17) is 25.3 Å². The minimum absolute atomic E-state index is 0.0831. The Labute approximate surface area is 158 Å². The van der Waals surface area contributed by atoms with E-state index in [0.29, 0.717) is 0 Å². The predicted molar refractivity (Wildman–Crippen MR) is 113 cm³/mol. The highest BCUT2D eigenvalue weighted by atomic mass is 32.1. The Kier molecular flexibility index (Phi) is 7.27. The first-order valence-electron chi connectivity index (χ1n) is 8.68. The maximum atomic E-state index is 5.17. The molecule has 2 unspecified atom stereocenters. The van der Waals surface area contributed by atoms with Crippen molar-refractivity contribution in [3.63, 3.8) is 0 Å². The van der Waals surface area contributed by atoms with Gasteiger partial charge >= 0.3 is 0 Å². The molecule has 0 saturated carbocycles. The number of unbranched alkanes of at least 4 members (excludes halogenated alkanes) is 1. The zero-order valence-corrected chi connectivity index (χ0v) is 16.7. The van der Waals surface area contributed by atoms with Crippen molar-refractivity contribution in [3.05, 3.63) is 71.3 Å². The van der Waals surface area contributed by atoms with Gasteiger partial charge in [0, 0.05) is 11.8 Å². The number of rotatable bonds is 8. The van der Waals surface area contributed by atoms with E-state index in [9.17, 15) is 0 Å². The Balaban J connectivity index is 2.39. The second-order valence-electron chi connectivity index (χ2n) is 6.71. The zero-order valence-electron chi connectivity index (χ0n) is 14.9. The number of nitrogens with zero attached hydrogens (tertiary/aromatic N) is 1. The van der Waals surface area contributed by atoms with Crippen molar-refractivity contribution in [2.24, 2.45) is 0 Å². The van der Waals surface area contributed by atoms with E-state index in [1.165, 1.54) is 29.5 Å². The van der Waals surface area contributed by atoms with Gasteiger partial charge in [0.2, 0.25) is 0 Å². The molecule has 130 valence electrons. The van der Waals surface area contributed by atoms with Gasteiger partial charge in [0.1, 0.15) is 0 Å². The van der Waals surface area contributed by atoms with Gasteiger partial charge in [-0.25, -0.2) is 0 Å². The third kappa shape index (κ3) is 4.59. The fourth-order valence-electron chi connectivity index (χ4n) is 3.03. The number of thiol groups is 2. The first-order valence-corrected chi connectivity index (χ1v) is 9.65. The maximum absolute atomic E-state index is 5.17. The van der Waals surface area contributed by atoms with Crippen LogP contribution >= 0.6 is 25.3 Å². The second kappa shape index (κ2) is 8.98. The van der Waals surface area contributed by atoms with E-state index in [0.717, 1.165) is 13.0 Å². The molecular weight excluding hydrogens is 330 g/mol. The van der Waals surface area contributed by atoms with E-state index in [2.05, 4.69) is 74.4 Å². The summed E-state index contributed by atoms with van der Waals surface area (Å²) in [6.45, 7) is 3.09. The molecule has 0 fully saturated rings. The summed E-state index contributed by atoms with van der Waals surface area (Å²) in [5.74, 6) is 0. The third-order valence-electron chi connectivity index (χ3n) is 4.45.